The second-order valence-electron chi connectivity index (χ2n) is 6.62. The molecule has 0 N–H and O–H groups in total. The van der Waals surface area contributed by atoms with Gasteiger partial charge in [-0.3, -0.25) is 9.36 Å². The summed E-state index contributed by atoms with van der Waals surface area (Å²) in [4.78, 5) is 25.4. The molecular weight excluding hydrogens is 382 g/mol. The zero-order valence-electron chi connectivity index (χ0n) is 15.8. The molecule has 0 aliphatic carbocycles. The third-order valence-electron chi connectivity index (χ3n) is 4.39. The molecule has 28 heavy (non-hydrogen) atoms. The largest absolute Gasteiger partial charge is 0.420 e. The highest BCUT2D eigenvalue weighted by molar-refractivity contribution is 7.89. The number of amides is 1. The number of sulfonamides is 1. The first-order valence-electron chi connectivity index (χ1n) is 8.54. The summed E-state index contributed by atoms with van der Waals surface area (Å²) in [6.07, 6.45) is 0. The Morgan fingerprint density at radius 1 is 1.07 bits per heavy atom. The summed E-state index contributed by atoms with van der Waals surface area (Å²) in [6.45, 7) is 0.0301. The Balaban J connectivity index is 1.93. The lowest BCUT2D eigenvalue weighted by molar-refractivity contribution is -0.129. The van der Waals surface area contributed by atoms with Crippen LogP contribution in [0.25, 0.3) is 11.1 Å². The van der Waals surface area contributed by atoms with Gasteiger partial charge < -0.3 is 9.32 Å². The quantitative estimate of drug-likeness (QED) is 0.622. The molecule has 148 valence electrons. The lowest BCUT2D eigenvalue weighted by atomic mass is 10.2. The molecule has 1 amide bonds. The van der Waals surface area contributed by atoms with E-state index in [2.05, 4.69) is 0 Å². The van der Waals surface area contributed by atoms with Crippen LogP contribution in [0.15, 0.2) is 62.6 Å². The van der Waals surface area contributed by atoms with Gasteiger partial charge >= 0.3 is 5.76 Å². The molecule has 0 unspecified atom stereocenters. The number of hydrogen-bond donors (Lipinski definition) is 0. The van der Waals surface area contributed by atoms with Gasteiger partial charge in [0.2, 0.25) is 15.9 Å². The molecule has 0 saturated heterocycles. The van der Waals surface area contributed by atoms with E-state index in [4.69, 9.17) is 4.42 Å². The average Bonchev–Trinajstić information content (AvgIpc) is 2.97. The van der Waals surface area contributed by atoms with Crippen LogP contribution in [0.4, 0.5) is 0 Å². The minimum absolute atomic E-state index is 0.0123. The Morgan fingerprint density at radius 3 is 2.39 bits per heavy atom. The minimum atomic E-state index is -3.78. The van der Waals surface area contributed by atoms with Crippen LogP contribution in [-0.2, 0) is 27.9 Å². The Morgan fingerprint density at radius 2 is 1.75 bits per heavy atom. The Labute approximate surface area is 162 Å². The highest BCUT2D eigenvalue weighted by Crippen LogP contribution is 2.22. The van der Waals surface area contributed by atoms with E-state index in [1.807, 2.05) is 30.3 Å². The summed E-state index contributed by atoms with van der Waals surface area (Å²) >= 11 is 0. The van der Waals surface area contributed by atoms with Gasteiger partial charge in [-0.2, -0.15) is 4.31 Å². The third-order valence-corrected chi connectivity index (χ3v) is 6.19. The summed E-state index contributed by atoms with van der Waals surface area (Å²) in [5.41, 5.74) is 1.34. The zero-order chi connectivity index (χ0) is 20.5. The maximum Gasteiger partial charge on any atom is 0.420 e. The molecule has 0 atom stereocenters. The van der Waals surface area contributed by atoms with Gasteiger partial charge in [0.15, 0.2) is 5.58 Å². The van der Waals surface area contributed by atoms with Gasteiger partial charge in [-0.25, -0.2) is 13.2 Å². The van der Waals surface area contributed by atoms with E-state index in [1.165, 1.54) is 39.0 Å². The highest BCUT2D eigenvalue weighted by Gasteiger charge is 2.23. The van der Waals surface area contributed by atoms with Gasteiger partial charge in [-0.15, -0.1) is 0 Å². The molecule has 1 aromatic heterocycles. The van der Waals surface area contributed by atoms with Crippen molar-refractivity contribution in [2.24, 2.45) is 0 Å². The van der Waals surface area contributed by atoms with Gasteiger partial charge in [-0.05, 0) is 17.7 Å². The van der Waals surface area contributed by atoms with Crippen LogP contribution < -0.4 is 5.76 Å². The molecule has 0 bridgehead atoms. The van der Waals surface area contributed by atoms with Crippen molar-refractivity contribution in [3.63, 3.8) is 0 Å². The monoisotopic (exact) mass is 403 g/mol. The molecule has 0 spiro atoms. The summed E-state index contributed by atoms with van der Waals surface area (Å²) in [7, 11) is 0.880. The van der Waals surface area contributed by atoms with Crippen LogP contribution in [-0.4, -0.2) is 49.2 Å². The average molecular weight is 403 g/mol. The predicted octanol–water partition coefficient (Wildman–Crippen LogP) is 1.50. The maximum absolute atomic E-state index is 12.9. The van der Waals surface area contributed by atoms with Gasteiger partial charge in [-0.1, -0.05) is 30.3 Å². The van der Waals surface area contributed by atoms with Gasteiger partial charge in [0.05, 0.1) is 10.4 Å². The summed E-state index contributed by atoms with van der Waals surface area (Å²) in [6, 6.07) is 13.4. The lowest BCUT2D eigenvalue weighted by Crippen LogP contribution is -2.29. The van der Waals surface area contributed by atoms with E-state index in [-0.39, 0.29) is 29.5 Å². The SMILES string of the molecule is CN(C)C(=O)Cn1c(=O)oc2cc(S(=O)(=O)N(C)Cc3ccccc3)ccc21. The first-order valence-corrected chi connectivity index (χ1v) is 9.98. The van der Waals surface area contributed by atoms with Crippen molar-refractivity contribution in [2.75, 3.05) is 21.1 Å². The number of hydrogen-bond acceptors (Lipinski definition) is 5. The van der Waals surface area contributed by atoms with Crippen LogP contribution >= 0.6 is 0 Å². The highest BCUT2D eigenvalue weighted by atomic mass is 32.2. The van der Waals surface area contributed by atoms with Crippen LogP contribution in [0.3, 0.4) is 0 Å². The minimum Gasteiger partial charge on any atom is -0.408 e. The van der Waals surface area contributed by atoms with Gasteiger partial charge in [0, 0.05) is 33.8 Å². The van der Waals surface area contributed by atoms with Crippen LogP contribution in [0.1, 0.15) is 5.56 Å². The topological polar surface area (TPSA) is 92.8 Å². The number of carbonyl (C=O) groups excluding carboxylic acids is 1. The summed E-state index contributed by atoms with van der Waals surface area (Å²) in [5.74, 6) is -0.985. The molecule has 0 aliphatic heterocycles. The van der Waals surface area contributed by atoms with Crippen molar-refractivity contribution in [1.82, 2.24) is 13.8 Å². The number of likely N-dealkylation sites (N-methyl/N-ethyl adjacent to an activating group) is 1. The Hall–Kier alpha value is -2.91. The van der Waals surface area contributed by atoms with E-state index in [0.717, 1.165) is 5.56 Å². The van der Waals surface area contributed by atoms with Crippen molar-refractivity contribution in [3.05, 3.63) is 64.6 Å². The third kappa shape index (κ3) is 3.85. The van der Waals surface area contributed by atoms with E-state index < -0.39 is 15.8 Å². The molecule has 0 radical (unpaired) electrons. The number of oxazole rings is 1. The molecular formula is C19H21N3O5S. The fourth-order valence-corrected chi connectivity index (χ4v) is 3.91. The van der Waals surface area contributed by atoms with Crippen LogP contribution in [0, 0.1) is 0 Å². The standard InChI is InChI=1S/C19H21N3O5S/c1-20(2)18(23)13-22-16-10-9-15(11-17(16)27-19(22)24)28(25,26)21(3)12-14-7-5-4-6-8-14/h4-11H,12-13H2,1-3H3. The fraction of sp³-hybridized carbons (Fsp3) is 0.263. The van der Waals surface area contributed by atoms with Crippen molar-refractivity contribution < 1.29 is 17.6 Å². The lowest BCUT2D eigenvalue weighted by Gasteiger charge is -2.17. The second-order valence-corrected chi connectivity index (χ2v) is 8.66. The molecule has 2 aromatic carbocycles. The smallest absolute Gasteiger partial charge is 0.408 e. The molecule has 1 heterocycles. The van der Waals surface area contributed by atoms with E-state index in [0.29, 0.717) is 5.52 Å². The van der Waals surface area contributed by atoms with E-state index in [1.54, 1.807) is 14.1 Å². The first-order chi connectivity index (χ1) is 13.2. The van der Waals surface area contributed by atoms with Crippen molar-refractivity contribution in [3.8, 4) is 0 Å². The number of carbonyl (C=O) groups is 1. The first kappa shape index (κ1) is 19.8. The van der Waals surface area contributed by atoms with Crippen molar-refractivity contribution in [1.29, 1.82) is 0 Å². The Bertz CT molecular complexity index is 1160. The second kappa shape index (κ2) is 7.61. The summed E-state index contributed by atoms with van der Waals surface area (Å²) in [5, 5.41) is 0. The molecule has 9 heteroatoms. The number of nitrogens with zero attached hydrogens (tertiary/aromatic N) is 3. The number of aromatic nitrogens is 1. The molecule has 0 fully saturated rings. The van der Waals surface area contributed by atoms with Crippen molar-refractivity contribution >= 4 is 27.0 Å². The van der Waals surface area contributed by atoms with E-state index >= 15 is 0 Å². The summed E-state index contributed by atoms with van der Waals surface area (Å²) < 4.78 is 33.3. The molecule has 0 saturated carbocycles. The normalized spacial score (nSPS) is 11.9. The van der Waals surface area contributed by atoms with Gasteiger partial charge in [0.1, 0.15) is 6.54 Å². The fourth-order valence-electron chi connectivity index (χ4n) is 2.74. The van der Waals surface area contributed by atoms with Gasteiger partial charge in [0.25, 0.3) is 0 Å². The number of benzene rings is 2. The molecule has 8 nitrogen and oxygen atoms in total. The van der Waals surface area contributed by atoms with Crippen LogP contribution in [0.2, 0.25) is 0 Å². The number of rotatable bonds is 6. The van der Waals surface area contributed by atoms with Crippen molar-refractivity contribution in [2.45, 2.75) is 18.0 Å². The predicted molar refractivity (Wildman–Crippen MR) is 104 cm³/mol. The van der Waals surface area contributed by atoms with E-state index in [9.17, 15) is 18.0 Å². The molecule has 0 aliphatic rings. The molecule has 3 rings (SSSR count). The molecule has 3 aromatic rings. The van der Waals surface area contributed by atoms with Crippen LogP contribution in [0.5, 0.6) is 0 Å². The number of fused-ring (bicyclic) bond motifs is 1. The maximum atomic E-state index is 12.9. The zero-order valence-corrected chi connectivity index (χ0v) is 16.6. The Kier molecular flexibility index (Phi) is 5.39.